The van der Waals surface area contributed by atoms with Gasteiger partial charge in [-0.3, -0.25) is 4.98 Å². The lowest BCUT2D eigenvalue weighted by Gasteiger charge is -2.19. The number of benzene rings is 2. The van der Waals surface area contributed by atoms with Crippen molar-refractivity contribution in [1.82, 2.24) is 4.98 Å². The van der Waals surface area contributed by atoms with Crippen molar-refractivity contribution < 1.29 is 8.78 Å². The Morgan fingerprint density at radius 1 is 1.00 bits per heavy atom. The van der Waals surface area contributed by atoms with E-state index in [1.165, 1.54) is 24.0 Å². The van der Waals surface area contributed by atoms with Crippen molar-refractivity contribution in [1.29, 1.82) is 0 Å². The minimum absolute atomic E-state index is 0.258. The summed E-state index contributed by atoms with van der Waals surface area (Å²) in [5, 5.41) is -0.0512. The van der Waals surface area contributed by atoms with Gasteiger partial charge in [-0.1, -0.05) is 29.3 Å². The predicted octanol–water partition coefficient (Wildman–Crippen LogP) is 6.20. The summed E-state index contributed by atoms with van der Waals surface area (Å²) >= 11 is 7.68. The first-order valence-electron chi connectivity index (χ1n) is 7.32. The van der Waals surface area contributed by atoms with Crippen LogP contribution in [0, 0.1) is 18.6 Å². The van der Waals surface area contributed by atoms with Crippen LogP contribution in [-0.4, -0.2) is 4.98 Å². The summed E-state index contributed by atoms with van der Waals surface area (Å²) in [6, 6.07) is 13.1. The molecule has 24 heavy (non-hydrogen) atoms. The lowest BCUT2D eigenvalue weighted by atomic mass is 10.0. The van der Waals surface area contributed by atoms with Crippen molar-refractivity contribution in [3.63, 3.8) is 0 Å². The molecule has 1 atom stereocenters. The summed E-state index contributed by atoms with van der Waals surface area (Å²) in [6.45, 7) is 2.00. The first-order chi connectivity index (χ1) is 11.5. The SMILES string of the molecule is Cc1ccc(SC(c2cc(F)ccc2F)c2ccncc2Cl)cc1. The molecule has 0 radical (unpaired) electrons. The topological polar surface area (TPSA) is 12.9 Å². The molecule has 0 saturated heterocycles. The normalized spacial score (nSPS) is 12.2. The number of hydrogen-bond acceptors (Lipinski definition) is 2. The summed E-state index contributed by atoms with van der Waals surface area (Å²) in [4.78, 5) is 4.92. The lowest BCUT2D eigenvalue weighted by Crippen LogP contribution is -2.02. The van der Waals surface area contributed by atoms with Crippen LogP contribution in [0.25, 0.3) is 0 Å². The first-order valence-corrected chi connectivity index (χ1v) is 8.58. The van der Waals surface area contributed by atoms with Crippen LogP contribution in [0.2, 0.25) is 5.02 Å². The smallest absolute Gasteiger partial charge is 0.128 e. The van der Waals surface area contributed by atoms with Crippen LogP contribution in [0.1, 0.15) is 21.9 Å². The molecule has 2 aromatic carbocycles. The average molecular weight is 362 g/mol. The summed E-state index contributed by atoms with van der Waals surface area (Å²) in [5.74, 6) is -0.944. The third-order valence-corrected chi connectivity index (χ3v) is 5.21. The molecule has 3 aromatic rings. The van der Waals surface area contributed by atoms with E-state index in [0.717, 1.165) is 22.6 Å². The molecular weight excluding hydrogens is 348 g/mol. The molecule has 1 aromatic heterocycles. The van der Waals surface area contributed by atoms with Crippen LogP contribution in [0.5, 0.6) is 0 Å². The van der Waals surface area contributed by atoms with E-state index in [4.69, 9.17) is 11.6 Å². The molecule has 0 amide bonds. The zero-order chi connectivity index (χ0) is 17.1. The monoisotopic (exact) mass is 361 g/mol. The number of rotatable bonds is 4. The van der Waals surface area contributed by atoms with Gasteiger partial charge in [-0.25, -0.2) is 8.78 Å². The maximum atomic E-state index is 14.4. The molecule has 0 bridgehead atoms. The average Bonchev–Trinajstić information content (AvgIpc) is 2.58. The van der Waals surface area contributed by atoms with E-state index in [0.29, 0.717) is 10.6 Å². The third kappa shape index (κ3) is 3.77. The van der Waals surface area contributed by atoms with Crippen molar-refractivity contribution >= 4 is 23.4 Å². The maximum Gasteiger partial charge on any atom is 0.128 e. The van der Waals surface area contributed by atoms with Gasteiger partial charge in [0.2, 0.25) is 0 Å². The van der Waals surface area contributed by atoms with Crippen molar-refractivity contribution in [2.45, 2.75) is 17.1 Å². The highest BCUT2D eigenvalue weighted by Gasteiger charge is 2.22. The standard InChI is InChI=1S/C19H14ClF2NS/c1-12-2-5-14(6-3-12)24-19(15-8-9-23-11-17(15)20)16-10-13(21)4-7-18(16)22/h2-11,19H,1H3. The van der Waals surface area contributed by atoms with Gasteiger partial charge in [0.15, 0.2) is 0 Å². The molecule has 1 nitrogen and oxygen atoms in total. The van der Waals surface area contributed by atoms with Gasteiger partial charge >= 0.3 is 0 Å². The van der Waals surface area contributed by atoms with Crippen LogP contribution < -0.4 is 0 Å². The summed E-state index contributed by atoms with van der Waals surface area (Å²) < 4.78 is 28.1. The minimum atomic E-state index is -0.480. The van der Waals surface area contributed by atoms with E-state index in [1.54, 1.807) is 12.3 Å². The number of thioether (sulfide) groups is 1. The quantitative estimate of drug-likeness (QED) is 0.513. The van der Waals surface area contributed by atoms with Crippen molar-refractivity contribution in [3.05, 3.63) is 94.3 Å². The second-order valence-electron chi connectivity index (χ2n) is 5.37. The predicted molar refractivity (Wildman–Crippen MR) is 94.5 cm³/mol. The van der Waals surface area contributed by atoms with Gasteiger partial charge < -0.3 is 0 Å². The van der Waals surface area contributed by atoms with Crippen LogP contribution >= 0.6 is 23.4 Å². The molecule has 0 aliphatic rings. The number of pyridine rings is 1. The zero-order valence-corrected chi connectivity index (χ0v) is 14.4. The van der Waals surface area contributed by atoms with Gasteiger partial charge in [0.1, 0.15) is 11.6 Å². The zero-order valence-electron chi connectivity index (χ0n) is 12.8. The Balaban J connectivity index is 2.08. The van der Waals surface area contributed by atoms with Gasteiger partial charge in [0.25, 0.3) is 0 Å². The minimum Gasteiger partial charge on any atom is -0.263 e. The lowest BCUT2D eigenvalue weighted by molar-refractivity contribution is 0.587. The molecule has 0 fully saturated rings. The van der Waals surface area contributed by atoms with Crippen molar-refractivity contribution in [3.8, 4) is 0 Å². The summed E-state index contributed by atoms with van der Waals surface area (Å²) in [5.41, 5.74) is 2.09. The molecule has 1 heterocycles. The molecule has 122 valence electrons. The molecule has 0 N–H and O–H groups in total. The Bertz CT molecular complexity index is 852. The summed E-state index contributed by atoms with van der Waals surface area (Å²) in [6.07, 6.45) is 3.11. The summed E-state index contributed by atoms with van der Waals surface area (Å²) in [7, 11) is 0. The van der Waals surface area contributed by atoms with E-state index in [-0.39, 0.29) is 5.56 Å². The Hall–Kier alpha value is -1.91. The van der Waals surface area contributed by atoms with E-state index >= 15 is 0 Å². The van der Waals surface area contributed by atoms with Crippen LogP contribution in [0.3, 0.4) is 0 Å². The molecule has 0 aliphatic carbocycles. The van der Waals surface area contributed by atoms with E-state index in [2.05, 4.69) is 4.98 Å². The molecule has 3 rings (SSSR count). The molecule has 0 spiro atoms. The Labute approximate surface area is 148 Å². The molecule has 0 aliphatic heterocycles. The Morgan fingerprint density at radius 2 is 1.75 bits per heavy atom. The van der Waals surface area contributed by atoms with Crippen molar-refractivity contribution in [2.24, 2.45) is 0 Å². The van der Waals surface area contributed by atoms with E-state index in [9.17, 15) is 8.78 Å². The number of halogens is 3. The van der Waals surface area contributed by atoms with Gasteiger partial charge in [0, 0.05) is 22.9 Å². The van der Waals surface area contributed by atoms with Crippen LogP contribution in [0.15, 0.2) is 65.8 Å². The molecule has 0 saturated carbocycles. The maximum absolute atomic E-state index is 14.4. The highest BCUT2D eigenvalue weighted by atomic mass is 35.5. The number of hydrogen-bond donors (Lipinski definition) is 0. The van der Waals surface area contributed by atoms with Gasteiger partial charge in [-0.2, -0.15) is 0 Å². The Kier molecular flexibility index (Phi) is 5.17. The van der Waals surface area contributed by atoms with Crippen LogP contribution in [0.4, 0.5) is 8.78 Å². The highest BCUT2D eigenvalue weighted by Crippen LogP contribution is 2.43. The second-order valence-corrected chi connectivity index (χ2v) is 6.96. The van der Waals surface area contributed by atoms with Crippen molar-refractivity contribution in [2.75, 3.05) is 0 Å². The van der Waals surface area contributed by atoms with Gasteiger partial charge in [-0.15, -0.1) is 11.8 Å². The fourth-order valence-electron chi connectivity index (χ4n) is 2.36. The number of aromatic nitrogens is 1. The van der Waals surface area contributed by atoms with Gasteiger partial charge in [0.05, 0.1) is 10.3 Å². The fraction of sp³-hybridized carbons (Fsp3) is 0.105. The third-order valence-electron chi connectivity index (χ3n) is 3.60. The molecule has 1 unspecified atom stereocenters. The van der Waals surface area contributed by atoms with Gasteiger partial charge in [-0.05, 0) is 48.9 Å². The van der Waals surface area contributed by atoms with E-state index in [1.807, 2.05) is 31.2 Å². The largest absolute Gasteiger partial charge is 0.263 e. The highest BCUT2D eigenvalue weighted by molar-refractivity contribution is 7.99. The first kappa shape index (κ1) is 16.9. The Morgan fingerprint density at radius 3 is 2.46 bits per heavy atom. The second kappa shape index (κ2) is 7.32. The van der Waals surface area contributed by atoms with Crippen LogP contribution in [-0.2, 0) is 0 Å². The number of nitrogens with zero attached hydrogens (tertiary/aromatic N) is 1. The fourth-order valence-corrected chi connectivity index (χ4v) is 3.86. The molecular formula is C19H14ClF2NS. The molecule has 5 heteroatoms. The number of aryl methyl sites for hydroxylation is 1. The van der Waals surface area contributed by atoms with E-state index < -0.39 is 16.9 Å².